The van der Waals surface area contributed by atoms with Crippen LogP contribution in [0.1, 0.15) is 50.0 Å². The van der Waals surface area contributed by atoms with Crippen LogP contribution >= 0.6 is 51.2 Å². The first kappa shape index (κ1) is 18.2. The molecule has 1 aromatic rings. The van der Waals surface area contributed by atoms with E-state index in [1.807, 2.05) is 13.0 Å². The fourth-order valence-corrected chi connectivity index (χ4v) is 5.51. The lowest BCUT2D eigenvalue weighted by Gasteiger charge is -2.09. The molecule has 1 aliphatic heterocycles. The number of aryl methyl sites for hydroxylation is 1. The summed E-state index contributed by atoms with van der Waals surface area (Å²) in [6, 6.07) is 2.19. The maximum Gasteiger partial charge on any atom is 0.266 e. The minimum atomic E-state index is 0.0338. The van der Waals surface area contributed by atoms with Crippen molar-refractivity contribution in [1.82, 2.24) is 4.90 Å². The fourth-order valence-electron chi connectivity index (χ4n) is 2.31. The van der Waals surface area contributed by atoms with Gasteiger partial charge >= 0.3 is 0 Å². The molecule has 0 spiro atoms. The number of carbonyl (C=O) groups is 1. The molecule has 6 heteroatoms. The summed E-state index contributed by atoms with van der Waals surface area (Å²) in [5, 5.41) is 0. The number of thiophene rings is 1. The summed E-state index contributed by atoms with van der Waals surface area (Å²) in [4.78, 5) is 15.7. The van der Waals surface area contributed by atoms with Gasteiger partial charge in [-0.05, 0) is 53.4 Å². The summed E-state index contributed by atoms with van der Waals surface area (Å²) in [5.41, 5.74) is 1.35. The molecule has 2 rings (SSSR count). The first-order valence-corrected chi connectivity index (χ1v) is 10.4. The van der Waals surface area contributed by atoms with E-state index >= 15 is 0 Å². The first-order valence-electron chi connectivity index (χ1n) is 7.60. The molecule has 0 radical (unpaired) electrons. The Labute approximate surface area is 154 Å². The Bertz CT molecular complexity index is 594. The van der Waals surface area contributed by atoms with Gasteiger partial charge in [0, 0.05) is 11.4 Å². The number of hydrogen-bond donors (Lipinski definition) is 0. The van der Waals surface area contributed by atoms with Gasteiger partial charge in [-0.3, -0.25) is 9.69 Å². The van der Waals surface area contributed by atoms with E-state index in [2.05, 4.69) is 28.9 Å². The average Bonchev–Trinajstić information content (AvgIpc) is 2.96. The Morgan fingerprint density at radius 2 is 2.09 bits per heavy atom. The summed E-state index contributed by atoms with van der Waals surface area (Å²) in [5.74, 6) is 0.0338. The maximum atomic E-state index is 12.2. The molecule has 1 amide bonds. The number of thioether (sulfide) groups is 1. The number of hydrogen-bond acceptors (Lipinski definition) is 4. The molecular formula is C16H20BrNOS3. The molecule has 0 unspecified atom stereocenters. The van der Waals surface area contributed by atoms with Crippen LogP contribution < -0.4 is 0 Å². The van der Waals surface area contributed by atoms with Gasteiger partial charge in [-0.2, -0.15) is 0 Å². The normalized spacial score (nSPS) is 17.0. The monoisotopic (exact) mass is 417 g/mol. The lowest BCUT2D eigenvalue weighted by molar-refractivity contribution is -0.121. The molecule has 22 heavy (non-hydrogen) atoms. The number of unbranched alkanes of at least 4 members (excludes halogenated alkanes) is 3. The van der Waals surface area contributed by atoms with E-state index in [0.29, 0.717) is 10.9 Å². The SMILES string of the molecule is CCCCCCc1cc(/C=C2\SC(=S)N(CC)C2=O)sc1Br. The number of carbonyl (C=O) groups excluding carboxylic acids is 1. The summed E-state index contributed by atoms with van der Waals surface area (Å²) in [6.07, 6.45) is 8.13. The number of amides is 1. The van der Waals surface area contributed by atoms with Crippen molar-refractivity contribution < 1.29 is 4.79 Å². The second kappa shape index (κ2) is 8.62. The number of nitrogens with zero attached hydrogens (tertiary/aromatic N) is 1. The van der Waals surface area contributed by atoms with Crippen molar-refractivity contribution in [3.05, 3.63) is 25.2 Å². The first-order chi connectivity index (χ1) is 10.6. The predicted molar refractivity (Wildman–Crippen MR) is 105 cm³/mol. The minimum Gasteiger partial charge on any atom is -0.293 e. The lowest BCUT2D eigenvalue weighted by Crippen LogP contribution is -2.27. The zero-order chi connectivity index (χ0) is 16.1. The molecular weight excluding hydrogens is 398 g/mol. The van der Waals surface area contributed by atoms with Crippen molar-refractivity contribution >= 4 is 67.6 Å². The van der Waals surface area contributed by atoms with Crippen LogP contribution in [0, 0.1) is 0 Å². The van der Waals surface area contributed by atoms with Gasteiger partial charge in [0.15, 0.2) is 0 Å². The fraction of sp³-hybridized carbons (Fsp3) is 0.500. The van der Waals surface area contributed by atoms with E-state index in [1.165, 1.54) is 46.8 Å². The Kier molecular flexibility index (Phi) is 7.12. The highest BCUT2D eigenvalue weighted by Crippen LogP contribution is 2.36. The number of rotatable bonds is 7. The topological polar surface area (TPSA) is 20.3 Å². The van der Waals surface area contributed by atoms with E-state index in [4.69, 9.17) is 12.2 Å². The Morgan fingerprint density at radius 1 is 1.32 bits per heavy atom. The molecule has 120 valence electrons. The van der Waals surface area contributed by atoms with Gasteiger partial charge in [-0.25, -0.2) is 0 Å². The van der Waals surface area contributed by atoms with Crippen molar-refractivity contribution in [1.29, 1.82) is 0 Å². The van der Waals surface area contributed by atoms with Crippen molar-refractivity contribution in [2.75, 3.05) is 6.54 Å². The van der Waals surface area contributed by atoms with Crippen molar-refractivity contribution in [3.63, 3.8) is 0 Å². The molecule has 1 aliphatic rings. The Balaban J connectivity index is 2.06. The molecule has 0 aromatic carbocycles. The van der Waals surface area contributed by atoms with Crippen LogP contribution in [0.3, 0.4) is 0 Å². The Morgan fingerprint density at radius 3 is 2.73 bits per heavy atom. The van der Waals surface area contributed by atoms with Crippen LogP contribution in [-0.2, 0) is 11.2 Å². The molecule has 1 fully saturated rings. The van der Waals surface area contributed by atoms with Crippen LogP contribution in [0.5, 0.6) is 0 Å². The zero-order valence-corrected chi connectivity index (χ0v) is 16.9. The van der Waals surface area contributed by atoms with Crippen LogP contribution in [0.2, 0.25) is 0 Å². The quantitative estimate of drug-likeness (QED) is 0.315. The highest BCUT2D eigenvalue weighted by Gasteiger charge is 2.30. The van der Waals surface area contributed by atoms with Crippen molar-refractivity contribution in [2.45, 2.75) is 46.0 Å². The smallest absolute Gasteiger partial charge is 0.266 e. The van der Waals surface area contributed by atoms with E-state index in [9.17, 15) is 4.79 Å². The zero-order valence-electron chi connectivity index (χ0n) is 12.9. The molecule has 0 bridgehead atoms. The van der Waals surface area contributed by atoms with Crippen LogP contribution in [0.15, 0.2) is 14.8 Å². The van der Waals surface area contributed by atoms with E-state index in [1.54, 1.807) is 16.2 Å². The molecule has 1 saturated heterocycles. The molecule has 0 aliphatic carbocycles. The summed E-state index contributed by atoms with van der Waals surface area (Å²) >= 11 is 12.0. The minimum absolute atomic E-state index is 0.0338. The van der Waals surface area contributed by atoms with Crippen molar-refractivity contribution in [2.24, 2.45) is 0 Å². The van der Waals surface area contributed by atoms with Gasteiger partial charge in [0.1, 0.15) is 4.32 Å². The third-order valence-electron chi connectivity index (χ3n) is 3.54. The summed E-state index contributed by atoms with van der Waals surface area (Å²) < 4.78 is 1.84. The van der Waals surface area contributed by atoms with Gasteiger partial charge in [0.25, 0.3) is 5.91 Å². The van der Waals surface area contributed by atoms with E-state index < -0.39 is 0 Å². The summed E-state index contributed by atoms with van der Waals surface area (Å²) in [6.45, 7) is 4.81. The van der Waals surface area contributed by atoms with Gasteiger partial charge in [0.2, 0.25) is 0 Å². The van der Waals surface area contributed by atoms with Gasteiger partial charge in [-0.1, -0.05) is 50.2 Å². The van der Waals surface area contributed by atoms with Crippen LogP contribution in [0.25, 0.3) is 6.08 Å². The third kappa shape index (κ3) is 4.43. The van der Waals surface area contributed by atoms with Gasteiger partial charge in [-0.15, -0.1) is 11.3 Å². The standard InChI is InChI=1S/C16H20BrNOS3/c1-3-5-6-7-8-11-9-12(21-14(11)17)10-13-15(19)18(4-2)16(20)22-13/h9-10H,3-8H2,1-2H3/b13-10-. The predicted octanol–water partition coefficient (Wildman–Crippen LogP) is 5.85. The van der Waals surface area contributed by atoms with Gasteiger partial charge < -0.3 is 0 Å². The average molecular weight is 418 g/mol. The summed E-state index contributed by atoms with van der Waals surface area (Å²) in [7, 11) is 0. The highest BCUT2D eigenvalue weighted by atomic mass is 79.9. The Hall–Kier alpha value is -0.170. The second-order valence-electron chi connectivity index (χ2n) is 5.18. The lowest BCUT2D eigenvalue weighted by atomic mass is 10.1. The number of likely N-dealkylation sites (N-methyl/N-ethyl adjacent to an activating group) is 1. The van der Waals surface area contributed by atoms with Crippen LogP contribution in [0.4, 0.5) is 0 Å². The molecule has 0 atom stereocenters. The third-order valence-corrected chi connectivity index (χ3v) is 6.82. The van der Waals surface area contributed by atoms with E-state index in [-0.39, 0.29) is 5.91 Å². The largest absolute Gasteiger partial charge is 0.293 e. The van der Waals surface area contributed by atoms with Crippen LogP contribution in [-0.4, -0.2) is 21.7 Å². The highest BCUT2D eigenvalue weighted by molar-refractivity contribution is 9.11. The number of halogens is 1. The molecule has 2 heterocycles. The molecule has 0 N–H and O–H groups in total. The maximum absolute atomic E-state index is 12.2. The van der Waals surface area contributed by atoms with Gasteiger partial charge in [0.05, 0.1) is 8.69 Å². The molecule has 1 aromatic heterocycles. The number of thiocarbonyl (C=S) groups is 1. The molecule has 2 nitrogen and oxygen atoms in total. The van der Waals surface area contributed by atoms with Crippen molar-refractivity contribution in [3.8, 4) is 0 Å². The second-order valence-corrected chi connectivity index (χ2v) is 9.26. The molecule has 0 saturated carbocycles. The van der Waals surface area contributed by atoms with E-state index in [0.717, 1.165) is 16.2 Å².